The van der Waals surface area contributed by atoms with Crippen LogP contribution in [0.2, 0.25) is 0 Å². The normalized spacial score (nSPS) is 12.6. The standard InChI is InChI=1S/C22H27N3OP/c1-5-25(3,4)23-18-19-16-17-22(24(19)2)27(26,20-12-8-6-9-13-20)21-14-10-7-11-15-21/h6-18H,5H2,1-4H3/q+1. The van der Waals surface area contributed by atoms with Crippen molar-refractivity contribution >= 4 is 29.4 Å². The number of quaternary nitrogens is 1. The highest BCUT2D eigenvalue weighted by Crippen LogP contribution is 2.42. The maximum absolute atomic E-state index is 14.4. The van der Waals surface area contributed by atoms with Crippen LogP contribution in [0.1, 0.15) is 12.6 Å². The Hall–Kier alpha value is -2.42. The van der Waals surface area contributed by atoms with Crippen LogP contribution in [-0.2, 0) is 11.6 Å². The van der Waals surface area contributed by atoms with E-state index in [-0.39, 0.29) is 0 Å². The van der Waals surface area contributed by atoms with Crippen molar-refractivity contribution in [2.75, 3.05) is 20.6 Å². The molecule has 0 aliphatic heterocycles. The molecule has 4 nitrogen and oxygen atoms in total. The van der Waals surface area contributed by atoms with Gasteiger partial charge in [0.2, 0.25) is 0 Å². The first-order valence-electron chi connectivity index (χ1n) is 9.14. The van der Waals surface area contributed by atoms with Gasteiger partial charge in [0, 0.05) is 17.7 Å². The van der Waals surface area contributed by atoms with Crippen LogP contribution in [0.15, 0.2) is 77.9 Å². The van der Waals surface area contributed by atoms with Gasteiger partial charge in [-0.25, -0.2) is 4.59 Å². The van der Waals surface area contributed by atoms with Crippen molar-refractivity contribution in [3.05, 3.63) is 78.5 Å². The molecule has 0 amide bonds. The monoisotopic (exact) mass is 380 g/mol. The summed E-state index contributed by atoms with van der Waals surface area (Å²) in [6, 6.07) is 23.4. The summed E-state index contributed by atoms with van der Waals surface area (Å²) in [4.78, 5) is 0. The Kier molecular flexibility index (Phi) is 5.50. The molecular weight excluding hydrogens is 353 g/mol. The highest BCUT2D eigenvalue weighted by Gasteiger charge is 2.32. The van der Waals surface area contributed by atoms with E-state index in [4.69, 9.17) is 0 Å². The Balaban J connectivity index is 2.15. The quantitative estimate of drug-likeness (QED) is 0.280. The lowest BCUT2D eigenvalue weighted by atomic mass is 10.4. The molecular formula is C22H27N3OP+. The molecule has 0 saturated carbocycles. The summed E-state index contributed by atoms with van der Waals surface area (Å²) in [5.41, 5.74) is 1.75. The van der Waals surface area contributed by atoms with Crippen LogP contribution >= 0.6 is 7.14 Å². The number of hydrogen-bond donors (Lipinski definition) is 0. The molecule has 140 valence electrons. The van der Waals surface area contributed by atoms with Crippen molar-refractivity contribution in [3.8, 4) is 0 Å². The topological polar surface area (TPSA) is 34.4 Å². The molecule has 2 aromatic carbocycles. The molecule has 0 spiro atoms. The van der Waals surface area contributed by atoms with Crippen LogP contribution in [-0.4, -0.2) is 36.0 Å². The van der Waals surface area contributed by atoms with E-state index in [9.17, 15) is 4.57 Å². The molecule has 3 aromatic rings. The van der Waals surface area contributed by atoms with E-state index in [1.165, 1.54) is 0 Å². The van der Waals surface area contributed by atoms with Gasteiger partial charge in [-0.3, -0.25) is 0 Å². The van der Waals surface area contributed by atoms with Gasteiger partial charge in [-0.1, -0.05) is 65.8 Å². The Morgan fingerprint density at radius 1 is 0.926 bits per heavy atom. The molecule has 1 heterocycles. The van der Waals surface area contributed by atoms with Crippen molar-refractivity contribution in [1.29, 1.82) is 0 Å². The minimum absolute atomic E-state index is 0.551. The molecule has 5 heteroatoms. The van der Waals surface area contributed by atoms with E-state index in [2.05, 4.69) is 26.1 Å². The van der Waals surface area contributed by atoms with Gasteiger partial charge in [0.1, 0.15) is 6.21 Å². The van der Waals surface area contributed by atoms with Crippen molar-refractivity contribution < 1.29 is 9.16 Å². The highest BCUT2D eigenvalue weighted by atomic mass is 31.2. The maximum atomic E-state index is 14.4. The number of aromatic nitrogens is 1. The van der Waals surface area contributed by atoms with Crippen LogP contribution in [0.3, 0.4) is 0 Å². The van der Waals surface area contributed by atoms with E-state index in [1.807, 2.05) is 90.6 Å². The molecule has 0 aliphatic rings. The smallest absolute Gasteiger partial charge is 0.186 e. The first kappa shape index (κ1) is 19.3. The van der Waals surface area contributed by atoms with Gasteiger partial charge in [0.25, 0.3) is 0 Å². The van der Waals surface area contributed by atoms with E-state index >= 15 is 0 Å². The van der Waals surface area contributed by atoms with E-state index in [0.717, 1.165) is 28.3 Å². The molecule has 0 radical (unpaired) electrons. The van der Waals surface area contributed by atoms with Gasteiger partial charge < -0.3 is 9.13 Å². The summed E-state index contributed by atoms with van der Waals surface area (Å²) in [6.45, 7) is 3.01. The Morgan fingerprint density at radius 3 is 1.93 bits per heavy atom. The number of benzene rings is 2. The molecule has 27 heavy (non-hydrogen) atoms. The van der Waals surface area contributed by atoms with Crippen LogP contribution in [0, 0.1) is 0 Å². The Morgan fingerprint density at radius 2 is 1.44 bits per heavy atom. The second-order valence-corrected chi connectivity index (χ2v) is 9.85. The van der Waals surface area contributed by atoms with Crippen molar-refractivity contribution in [2.24, 2.45) is 12.1 Å². The highest BCUT2D eigenvalue weighted by molar-refractivity contribution is 7.85. The maximum Gasteiger partial charge on any atom is 0.186 e. The SMILES string of the molecule is CC[N+](C)(C)N=Cc1ccc(P(=O)(c2ccccc2)c2ccccc2)n1C. The third kappa shape index (κ3) is 3.83. The minimum Gasteiger partial charge on any atom is -0.340 e. The van der Waals surface area contributed by atoms with Gasteiger partial charge in [-0.15, -0.1) is 0 Å². The van der Waals surface area contributed by atoms with Gasteiger partial charge in [0.05, 0.1) is 31.8 Å². The summed E-state index contributed by atoms with van der Waals surface area (Å²) < 4.78 is 17.0. The van der Waals surface area contributed by atoms with Crippen molar-refractivity contribution in [1.82, 2.24) is 4.57 Å². The molecule has 0 N–H and O–H groups in total. The van der Waals surface area contributed by atoms with Crippen LogP contribution in [0.5, 0.6) is 0 Å². The van der Waals surface area contributed by atoms with E-state index in [0.29, 0.717) is 4.59 Å². The average molecular weight is 380 g/mol. The van der Waals surface area contributed by atoms with E-state index < -0.39 is 7.14 Å². The summed E-state index contributed by atoms with van der Waals surface area (Å²) in [5.74, 6) is 0. The fourth-order valence-electron chi connectivity index (χ4n) is 2.95. The fraction of sp³-hybridized carbons (Fsp3) is 0.227. The molecule has 1 aromatic heterocycles. The lowest BCUT2D eigenvalue weighted by Gasteiger charge is -2.21. The Labute approximate surface area is 161 Å². The van der Waals surface area contributed by atoms with Crippen molar-refractivity contribution in [2.45, 2.75) is 6.92 Å². The van der Waals surface area contributed by atoms with Crippen molar-refractivity contribution in [3.63, 3.8) is 0 Å². The number of rotatable bonds is 6. The summed E-state index contributed by atoms with van der Waals surface area (Å²) in [5, 5.41) is 6.33. The molecule has 3 rings (SSSR count). The Bertz CT molecular complexity index is 932. The third-order valence-electron chi connectivity index (χ3n) is 4.97. The summed E-state index contributed by atoms with van der Waals surface area (Å²) >= 11 is 0. The molecule has 0 aliphatic carbocycles. The van der Waals surface area contributed by atoms with Crippen LogP contribution in [0.4, 0.5) is 0 Å². The second kappa shape index (κ2) is 7.67. The largest absolute Gasteiger partial charge is 0.340 e. The average Bonchev–Trinajstić information content (AvgIpc) is 3.08. The number of nitrogens with zero attached hydrogens (tertiary/aromatic N) is 3. The molecule has 0 bridgehead atoms. The summed E-state index contributed by atoms with van der Waals surface area (Å²) in [7, 11) is 3.10. The van der Waals surface area contributed by atoms with Gasteiger partial charge >= 0.3 is 0 Å². The fourth-order valence-corrected chi connectivity index (χ4v) is 5.78. The molecule has 0 fully saturated rings. The molecule has 0 saturated heterocycles. The van der Waals surface area contributed by atoms with E-state index in [1.54, 1.807) is 0 Å². The lowest BCUT2D eigenvalue weighted by molar-refractivity contribution is -0.894. The zero-order chi connectivity index (χ0) is 19.5. The number of hydrogen-bond acceptors (Lipinski definition) is 2. The van der Waals surface area contributed by atoms with Gasteiger partial charge in [0.15, 0.2) is 7.14 Å². The molecule has 0 unspecified atom stereocenters. The minimum atomic E-state index is -2.97. The second-order valence-electron chi connectivity index (χ2n) is 7.14. The van der Waals surface area contributed by atoms with Crippen LogP contribution < -0.4 is 16.0 Å². The lowest BCUT2D eigenvalue weighted by Crippen LogP contribution is -2.33. The summed E-state index contributed by atoms with van der Waals surface area (Å²) in [6.07, 6.45) is 1.87. The first-order chi connectivity index (χ1) is 12.9. The van der Waals surface area contributed by atoms with Gasteiger partial charge in [-0.05, 0) is 19.1 Å². The predicted octanol–water partition coefficient (Wildman–Crippen LogP) is 3.09. The zero-order valence-electron chi connectivity index (χ0n) is 16.4. The van der Waals surface area contributed by atoms with Gasteiger partial charge in [-0.2, -0.15) is 0 Å². The van der Waals surface area contributed by atoms with Crippen LogP contribution in [0.25, 0.3) is 0 Å². The predicted molar refractivity (Wildman–Crippen MR) is 115 cm³/mol. The zero-order valence-corrected chi connectivity index (χ0v) is 17.3. The molecule has 0 atom stereocenters. The first-order valence-corrected chi connectivity index (χ1v) is 10.9. The third-order valence-corrected chi connectivity index (χ3v) is 8.12.